The first kappa shape index (κ1) is 25.4. The van der Waals surface area contributed by atoms with Crippen LogP contribution in [-0.4, -0.2) is 18.5 Å². The third kappa shape index (κ3) is 3.16. The monoisotopic (exact) mass is 622 g/mol. The van der Waals surface area contributed by atoms with Crippen LogP contribution in [0.5, 0.6) is 0 Å². The highest BCUT2D eigenvalue weighted by molar-refractivity contribution is 6.34. The van der Waals surface area contributed by atoms with E-state index < -0.39 is 0 Å². The molecule has 0 amide bonds. The lowest BCUT2D eigenvalue weighted by Gasteiger charge is -2.13. The fourth-order valence-electron chi connectivity index (χ4n) is 8.79. The van der Waals surface area contributed by atoms with Crippen molar-refractivity contribution in [1.82, 2.24) is 18.5 Å². The molecular formula is C45H26N4. The minimum absolute atomic E-state index is 0.966. The van der Waals surface area contributed by atoms with Gasteiger partial charge in [-0.15, -0.1) is 0 Å². The molecule has 0 N–H and O–H groups in total. The van der Waals surface area contributed by atoms with Crippen LogP contribution in [0.4, 0.5) is 0 Å². The Balaban J connectivity index is 1.29. The molecule has 7 aromatic carbocycles. The third-order valence-electron chi connectivity index (χ3n) is 10.7. The molecule has 0 aliphatic heterocycles. The van der Waals surface area contributed by atoms with Crippen molar-refractivity contribution in [2.24, 2.45) is 0 Å². The van der Waals surface area contributed by atoms with Gasteiger partial charge in [-0.05, 0) is 77.5 Å². The van der Waals surface area contributed by atoms with Crippen molar-refractivity contribution in [2.75, 3.05) is 0 Å². The van der Waals surface area contributed by atoms with E-state index in [0.29, 0.717) is 0 Å². The Morgan fingerprint density at radius 2 is 0.980 bits per heavy atom. The van der Waals surface area contributed by atoms with E-state index in [2.05, 4.69) is 159 Å². The Morgan fingerprint density at radius 1 is 0.367 bits per heavy atom. The maximum absolute atomic E-state index is 4.89. The first-order valence-electron chi connectivity index (χ1n) is 16.8. The standard InChI is InChI=1S/C45H26N4/c1-2-12-28-24-41-35(23-27(28)11-1)37-26-36-32-16-4-7-20-39(32)49-40-21-8-5-17-34(40)42(44(36)49)43(37)47(41)29-13-9-14-30(25-29)48-38-19-6-3-15-31(38)33-18-10-22-46-45(33)48/h1-26H. The van der Waals surface area contributed by atoms with Gasteiger partial charge in [-0.1, -0.05) is 84.9 Å². The van der Waals surface area contributed by atoms with Crippen LogP contribution >= 0.6 is 0 Å². The Morgan fingerprint density at radius 3 is 1.80 bits per heavy atom. The number of fused-ring (bicyclic) bond motifs is 14. The maximum Gasteiger partial charge on any atom is 0.145 e. The molecule has 0 unspecified atom stereocenters. The summed E-state index contributed by atoms with van der Waals surface area (Å²) in [4.78, 5) is 4.89. The lowest BCUT2D eigenvalue weighted by atomic mass is 10.0. The predicted octanol–water partition coefficient (Wildman–Crippen LogP) is 11.6. The number of para-hydroxylation sites is 3. The normalized spacial score (nSPS) is 12.5. The zero-order chi connectivity index (χ0) is 31.8. The van der Waals surface area contributed by atoms with Crippen LogP contribution < -0.4 is 0 Å². The van der Waals surface area contributed by atoms with Gasteiger partial charge in [0, 0.05) is 60.7 Å². The average Bonchev–Trinajstić information content (AvgIpc) is 3.88. The van der Waals surface area contributed by atoms with Gasteiger partial charge in [0.15, 0.2) is 0 Å². The van der Waals surface area contributed by atoms with Crippen LogP contribution in [0.25, 0.3) is 104 Å². The molecule has 226 valence electrons. The van der Waals surface area contributed by atoms with Gasteiger partial charge in [0.05, 0.1) is 33.1 Å². The molecule has 0 aliphatic rings. The second-order valence-electron chi connectivity index (χ2n) is 13.2. The number of nitrogens with zero attached hydrogens (tertiary/aromatic N) is 4. The molecule has 0 fully saturated rings. The summed E-state index contributed by atoms with van der Waals surface area (Å²) in [6, 6.07) is 55.5. The Labute approximate surface area is 279 Å². The summed E-state index contributed by atoms with van der Waals surface area (Å²) in [6.07, 6.45) is 1.89. The lowest BCUT2D eigenvalue weighted by Crippen LogP contribution is -1.99. The first-order chi connectivity index (χ1) is 24.3. The highest BCUT2D eigenvalue weighted by Gasteiger charge is 2.25. The molecule has 49 heavy (non-hydrogen) atoms. The van der Waals surface area contributed by atoms with E-state index >= 15 is 0 Å². The zero-order valence-corrected chi connectivity index (χ0v) is 26.3. The molecule has 0 bridgehead atoms. The Bertz CT molecular complexity index is 3280. The van der Waals surface area contributed by atoms with Crippen LogP contribution in [-0.2, 0) is 0 Å². The highest BCUT2D eigenvalue weighted by atomic mass is 15.1. The smallest absolute Gasteiger partial charge is 0.145 e. The minimum atomic E-state index is 0.966. The molecule has 0 atom stereocenters. The van der Waals surface area contributed by atoms with E-state index in [1.54, 1.807) is 0 Å². The highest BCUT2D eigenvalue weighted by Crippen LogP contribution is 2.47. The average molecular weight is 623 g/mol. The summed E-state index contributed by atoms with van der Waals surface area (Å²) in [5, 5.41) is 12.5. The molecule has 5 heterocycles. The second-order valence-corrected chi connectivity index (χ2v) is 13.2. The van der Waals surface area contributed by atoms with Crippen LogP contribution in [0.3, 0.4) is 0 Å². The molecule has 0 aliphatic carbocycles. The van der Waals surface area contributed by atoms with Crippen LogP contribution in [0.1, 0.15) is 0 Å². The SMILES string of the molecule is c1cc(-n2c3ccccc3c3cccnc32)cc(-n2c3cc4ccccc4cc3c3cc4c5ccccc5n5c6ccccc6c(c32)c45)c1. The summed E-state index contributed by atoms with van der Waals surface area (Å²) < 4.78 is 7.30. The van der Waals surface area contributed by atoms with Gasteiger partial charge in [-0.2, -0.15) is 0 Å². The van der Waals surface area contributed by atoms with Crippen molar-refractivity contribution in [3.05, 3.63) is 158 Å². The summed E-state index contributed by atoms with van der Waals surface area (Å²) in [5.74, 6) is 0. The van der Waals surface area contributed by atoms with E-state index in [1.807, 2.05) is 12.3 Å². The maximum atomic E-state index is 4.89. The predicted molar refractivity (Wildman–Crippen MR) is 205 cm³/mol. The summed E-state index contributed by atoms with van der Waals surface area (Å²) in [5.41, 5.74) is 10.5. The van der Waals surface area contributed by atoms with Gasteiger partial charge < -0.3 is 8.97 Å². The zero-order valence-electron chi connectivity index (χ0n) is 26.3. The fourth-order valence-corrected chi connectivity index (χ4v) is 8.79. The molecule has 5 aromatic heterocycles. The molecule has 4 heteroatoms. The molecule has 0 saturated heterocycles. The number of pyridine rings is 1. The van der Waals surface area contributed by atoms with Gasteiger partial charge in [0.25, 0.3) is 0 Å². The first-order valence-corrected chi connectivity index (χ1v) is 16.8. The van der Waals surface area contributed by atoms with Crippen molar-refractivity contribution in [2.45, 2.75) is 0 Å². The summed E-state index contributed by atoms with van der Waals surface area (Å²) in [6.45, 7) is 0. The Kier molecular flexibility index (Phi) is 4.69. The number of hydrogen-bond donors (Lipinski definition) is 0. The Hall–Kier alpha value is -6.65. The largest absolute Gasteiger partial charge is 0.308 e. The lowest BCUT2D eigenvalue weighted by molar-refractivity contribution is 1.11. The van der Waals surface area contributed by atoms with Crippen molar-refractivity contribution >= 4 is 92.6 Å². The molecular weight excluding hydrogens is 597 g/mol. The molecule has 12 aromatic rings. The summed E-state index contributed by atoms with van der Waals surface area (Å²) in [7, 11) is 0. The van der Waals surface area contributed by atoms with Crippen molar-refractivity contribution in [3.63, 3.8) is 0 Å². The van der Waals surface area contributed by atoms with Gasteiger partial charge >= 0.3 is 0 Å². The van der Waals surface area contributed by atoms with E-state index in [9.17, 15) is 0 Å². The van der Waals surface area contributed by atoms with Crippen LogP contribution in [0, 0.1) is 0 Å². The van der Waals surface area contributed by atoms with Crippen molar-refractivity contribution in [1.29, 1.82) is 0 Å². The van der Waals surface area contributed by atoms with Gasteiger partial charge in [0.1, 0.15) is 5.65 Å². The van der Waals surface area contributed by atoms with Crippen LogP contribution in [0.15, 0.2) is 158 Å². The van der Waals surface area contributed by atoms with E-state index in [-0.39, 0.29) is 0 Å². The second kappa shape index (κ2) is 9.03. The molecule has 4 nitrogen and oxygen atoms in total. The van der Waals surface area contributed by atoms with Gasteiger partial charge in [-0.3, -0.25) is 4.57 Å². The van der Waals surface area contributed by atoms with E-state index in [4.69, 9.17) is 4.98 Å². The molecule has 0 saturated carbocycles. The number of benzene rings is 7. The van der Waals surface area contributed by atoms with E-state index in [0.717, 1.165) is 27.9 Å². The number of aromatic nitrogens is 4. The van der Waals surface area contributed by atoms with Crippen LogP contribution in [0.2, 0.25) is 0 Å². The molecule has 0 spiro atoms. The minimum Gasteiger partial charge on any atom is -0.308 e. The number of hydrogen-bond acceptors (Lipinski definition) is 1. The van der Waals surface area contributed by atoms with Gasteiger partial charge in [-0.25, -0.2) is 4.98 Å². The quantitative estimate of drug-likeness (QED) is 0.188. The molecule has 12 rings (SSSR count). The van der Waals surface area contributed by atoms with Gasteiger partial charge in [0.2, 0.25) is 0 Å². The fraction of sp³-hybridized carbons (Fsp3) is 0. The van der Waals surface area contributed by atoms with Crippen molar-refractivity contribution < 1.29 is 0 Å². The van der Waals surface area contributed by atoms with Crippen molar-refractivity contribution in [3.8, 4) is 11.4 Å². The topological polar surface area (TPSA) is 27.2 Å². The number of rotatable bonds is 2. The van der Waals surface area contributed by atoms with E-state index in [1.165, 1.54) is 76.1 Å². The summed E-state index contributed by atoms with van der Waals surface area (Å²) >= 11 is 0. The molecule has 0 radical (unpaired) electrons. The third-order valence-corrected chi connectivity index (χ3v) is 10.7.